The van der Waals surface area contributed by atoms with Crippen molar-refractivity contribution in [3.8, 4) is 17.1 Å². The summed E-state index contributed by atoms with van der Waals surface area (Å²) < 4.78 is 11.0. The smallest absolute Gasteiger partial charge is 0.414 e. The highest BCUT2D eigenvalue weighted by Crippen LogP contribution is 2.44. The number of fused-ring (bicyclic) bond motifs is 2. The highest BCUT2D eigenvalue weighted by molar-refractivity contribution is 5.95. The summed E-state index contributed by atoms with van der Waals surface area (Å²) in [7, 11) is 3.38. The number of hydrogen-bond donors (Lipinski definition) is 1. The largest absolute Gasteiger partial charge is 0.497 e. The third kappa shape index (κ3) is 2.63. The van der Waals surface area contributed by atoms with E-state index in [0.29, 0.717) is 0 Å². The molecule has 0 atom stereocenters. The third-order valence-corrected chi connectivity index (χ3v) is 5.51. The van der Waals surface area contributed by atoms with Gasteiger partial charge in [-0.1, -0.05) is 13.8 Å². The zero-order chi connectivity index (χ0) is 19.2. The van der Waals surface area contributed by atoms with Crippen LogP contribution in [0.5, 0.6) is 5.75 Å². The number of imidazole rings is 1. The average Bonchev–Trinajstić information content (AvgIpc) is 3.13. The zero-order valence-corrected chi connectivity index (χ0v) is 16.0. The molecule has 1 aliphatic heterocycles. The topological polar surface area (TPSA) is 67.4 Å². The van der Waals surface area contributed by atoms with Crippen LogP contribution in [0.15, 0.2) is 36.4 Å². The van der Waals surface area contributed by atoms with Gasteiger partial charge in [0.1, 0.15) is 17.2 Å². The number of hydrogen-bond acceptors (Lipinski definition) is 4. The predicted octanol–water partition coefficient (Wildman–Crippen LogP) is 4.84. The molecule has 0 saturated carbocycles. The van der Waals surface area contributed by atoms with Crippen LogP contribution in [0.25, 0.3) is 22.4 Å². The Labute approximate surface area is 158 Å². The van der Waals surface area contributed by atoms with E-state index in [1.54, 1.807) is 19.1 Å². The minimum Gasteiger partial charge on any atom is -0.497 e. The number of ether oxygens (including phenoxy) is 2. The molecule has 0 bridgehead atoms. The molecule has 1 aliphatic rings. The van der Waals surface area contributed by atoms with Gasteiger partial charge in [-0.15, -0.1) is 0 Å². The first-order valence-electron chi connectivity index (χ1n) is 9.16. The van der Waals surface area contributed by atoms with Crippen LogP contribution in [0.3, 0.4) is 0 Å². The first-order chi connectivity index (χ1) is 13.0. The molecule has 1 aromatic heterocycles. The molecule has 6 heteroatoms. The van der Waals surface area contributed by atoms with Gasteiger partial charge in [0.25, 0.3) is 0 Å². The van der Waals surface area contributed by atoms with Crippen LogP contribution in [0, 0.1) is 0 Å². The Bertz CT molecular complexity index is 1000. The summed E-state index contributed by atoms with van der Waals surface area (Å²) in [6.07, 6.45) is 1.12. The number of carbonyl (C=O) groups is 1. The van der Waals surface area contributed by atoms with Crippen LogP contribution in [0.4, 0.5) is 10.5 Å². The van der Waals surface area contributed by atoms with E-state index in [9.17, 15) is 4.79 Å². The fraction of sp³-hybridized carbons (Fsp3) is 0.333. The van der Waals surface area contributed by atoms with Gasteiger partial charge in [-0.25, -0.2) is 9.78 Å². The second-order valence-corrected chi connectivity index (χ2v) is 6.83. The molecule has 2 heterocycles. The molecule has 1 amide bonds. The highest BCUT2D eigenvalue weighted by atomic mass is 16.6. The Morgan fingerprint density at radius 2 is 1.89 bits per heavy atom. The number of amides is 1. The van der Waals surface area contributed by atoms with Gasteiger partial charge >= 0.3 is 6.09 Å². The molecule has 0 saturated heterocycles. The Morgan fingerprint density at radius 1 is 1.19 bits per heavy atom. The van der Waals surface area contributed by atoms with Gasteiger partial charge in [0, 0.05) is 18.2 Å². The van der Waals surface area contributed by atoms with Crippen molar-refractivity contribution in [2.24, 2.45) is 0 Å². The summed E-state index contributed by atoms with van der Waals surface area (Å²) in [5.74, 6) is 1.58. The first kappa shape index (κ1) is 17.4. The molecule has 3 aromatic rings. The molecule has 27 heavy (non-hydrogen) atoms. The molecule has 0 fully saturated rings. The lowest BCUT2D eigenvalue weighted by molar-refractivity contribution is -0.000120. The SMILES string of the molecule is CCC1(CC)OC(=O)N(C)c2cc3nc(-c4ccc(OC)cc4)[nH]c3cc21. The fourth-order valence-corrected chi connectivity index (χ4v) is 3.74. The lowest BCUT2D eigenvalue weighted by Gasteiger charge is -2.40. The minimum absolute atomic E-state index is 0.323. The van der Waals surface area contributed by atoms with Gasteiger partial charge in [-0.2, -0.15) is 0 Å². The van der Waals surface area contributed by atoms with Gasteiger partial charge in [0.15, 0.2) is 0 Å². The van der Waals surface area contributed by atoms with E-state index in [-0.39, 0.29) is 6.09 Å². The van der Waals surface area contributed by atoms with Crippen molar-refractivity contribution >= 4 is 22.8 Å². The Kier molecular flexibility index (Phi) is 4.06. The lowest BCUT2D eigenvalue weighted by Crippen LogP contribution is -2.43. The number of H-pyrrole nitrogens is 1. The molecular formula is C21H23N3O3. The van der Waals surface area contributed by atoms with Crippen molar-refractivity contribution in [2.75, 3.05) is 19.1 Å². The number of benzene rings is 2. The van der Waals surface area contributed by atoms with E-state index in [1.165, 1.54) is 0 Å². The van der Waals surface area contributed by atoms with Crippen LogP contribution >= 0.6 is 0 Å². The van der Waals surface area contributed by atoms with Crippen LogP contribution in [0.2, 0.25) is 0 Å². The summed E-state index contributed by atoms with van der Waals surface area (Å²) in [4.78, 5) is 22.1. The summed E-state index contributed by atoms with van der Waals surface area (Å²) in [6.45, 7) is 4.09. The molecule has 4 rings (SSSR count). The number of cyclic esters (lactones) is 1. The minimum atomic E-state index is -0.599. The average molecular weight is 365 g/mol. The van der Waals surface area contributed by atoms with E-state index < -0.39 is 5.60 Å². The van der Waals surface area contributed by atoms with Gasteiger partial charge in [-0.3, -0.25) is 4.90 Å². The molecule has 0 unspecified atom stereocenters. The quantitative estimate of drug-likeness (QED) is 0.718. The molecule has 0 radical (unpaired) electrons. The molecule has 0 spiro atoms. The van der Waals surface area contributed by atoms with Crippen LogP contribution < -0.4 is 9.64 Å². The van der Waals surface area contributed by atoms with Gasteiger partial charge in [0.05, 0.1) is 23.8 Å². The maximum atomic E-state index is 12.4. The number of methoxy groups -OCH3 is 1. The summed E-state index contributed by atoms with van der Waals surface area (Å²) >= 11 is 0. The molecule has 140 valence electrons. The van der Waals surface area contributed by atoms with E-state index in [2.05, 4.69) is 11.1 Å². The van der Waals surface area contributed by atoms with Crippen molar-refractivity contribution in [2.45, 2.75) is 32.3 Å². The number of carbonyl (C=O) groups excluding carboxylic acids is 1. The third-order valence-electron chi connectivity index (χ3n) is 5.51. The van der Waals surface area contributed by atoms with Gasteiger partial charge in [0.2, 0.25) is 0 Å². The number of nitrogens with zero attached hydrogens (tertiary/aromatic N) is 2. The number of nitrogens with one attached hydrogen (secondary N) is 1. The lowest BCUT2D eigenvalue weighted by atomic mass is 9.85. The van der Waals surface area contributed by atoms with Crippen molar-refractivity contribution in [3.63, 3.8) is 0 Å². The molecule has 1 N–H and O–H groups in total. The maximum Gasteiger partial charge on any atom is 0.414 e. The Hall–Kier alpha value is -3.02. The summed E-state index contributed by atoms with van der Waals surface area (Å²) in [6, 6.07) is 11.8. The highest BCUT2D eigenvalue weighted by Gasteiger charge is 2.42. The Morgan fingerprint density at radius 3 is 2.52 bits per heavy atom. The second kappa shape index (κ2) is 6.30. The number of rotatable bonds is 4. The van der Waals surface area contributed by atoms with Crippen molar-refractivity contribution in [3.05, 3.63) is 42.0 Å². The van der Waals surface area contributed by atoms with E-state index in [0.717, 1.165) is 52.3 Å². The van der Waals surface area contributed by atoms with Crippen molar-refractivity contribution in [1.82, 2.24) is 9.97 Å². The molecular weight excluding hydrogens is 342 g/mol. The van der Waals surface area contributed by atoms with E-state index in [1.807, 2.05) is 44.2 Å². The normalized spacial score (nSPS) is 15.6. The van der Waals surface area contributed by atoms with Crippen LogP contribution in [-0.2, 0) is 10.3 Å². The maximum absolute atomic E-state index is 12.4. The number of aromatic amines is 1. The van der Waals surface area contributed by atoms with Crippen molar-refractivity contribution < 1.29 is 14.3 Å². The fourth-order valence-electron chi connectivity index (χ4n) is 3.74. The molecule has 2 aromatic carbocycles. The van der Waals surface area contributed by atoms with Crippen molar-refractivity contribution in [1.29, 1.82) is 0 Å². The second-order valence-electron chi connectivity index (χ2n) is 6.83. The monoisotopic (exact) mass is 365 g/mol. The van der Waals surface area contributed by atoms with E-state index in [4.69, 9.17) is 14.5 Å². The molecule has 0 aliphatic carbocycles. The standard InChI is InChI=1S/C21H23N3O3/c1-5-21(6-2)15-11-16-17(12-18(15)24(3)20(25)27-21)23-19(22-16)13-7-9-14(26-4)10-8-13/h7-12H,5-6H2,1-4H3,(H,22,23). The van der Waals surface area contributed by atoms with Gasteiger partial charge < -0.3 is 14.5 Å². The first-order valence-corrected chi connectivity index (χ1v) is 9.16. The number of anilines is 1. The predicted molar refractivity (Wildman–Crippen MR) is 105 cm³/mol. The van der Waals surface area contributed by atoms with Crippen LogP contribution in [-0.4, -0.2) is 30.2 Å². The van der Waals surface area contributed by atoms with Gasteiger partial charge in [-0.05, 0) is 49.2 Å². The summed E-state index contributed by atoms with van der Waals surface area (Å²) in [5, 5.41) is 0. The zero-order valence-electron chi connectivity index (χ0n) is 16.0. The Balaban J connectivity index is 1.87. The van der Waals surface area contributed by atoms with E-state index >= 15 is 0 Å². The summed E-state index contributed by atoms with van der Waals surface area (Å²) in [5.41, 5.74) is 4.00. The molecule has 6 nitrogen and oxygen atoms in total. The number of aromatic nitrogens is 2. The van der Waals surface area contributed by atoms with Crippen LogP contribution in [0.1, 0.15) is 32.3 Å².